The first kappa shape index (κ1) is 33.2. The van der Waals surface area contributed by atoms with Crippen LogP contribution in [0.1, 0.15) is 45.1 Å². The number of carbonyl (C=O) groups is 6. The number of hydrogen-bond acceptors (Lipinski definition) is 8. The number of nitrogens with zero attached hydrogens (tertiary/aromatic N) is 1. The monoisotopic (exact) mass is 577 g/mol. The highest BCUT2D eigenvalue weighted by atomic mass is 16.4. The van der Waals surface area contributed by atoms with Crippen molar-refractivity contribution in [3.8, 4) is 0 Å². The molecule has 1 heterocycles. The molecule has 0 unspecified atom stereocenters. The molecule has 8 N–H and O–H groups in total. The predicted octanol–water partition coefficient (Wildman–Crippen LogP) is -1.40. The maximum atomic E-state index is 13.4. The Balaban J connectivity index is 2.10. The number of hydrogen-bond donors (Lipinski definition) is 7. The SMILES string of the molecule is CC(C)C[C@H](NC(=O)[C@H](CO)NC(=O)[C@@H]1CCCN1C(=O)[C@H](CC(=O)O)NC(=O)[C@@H](N)Cc1ccccc1)C(=O)O. The second-order valence-electron chi connectivity index (χ2n) is 10.4. The van der Waals surface area contributed by atoms with Crippen LogP contribution < -0.4 is 21.7 Å². The van der Waals surface area contributed by atoms with Gasteiger partial charge in [-0.25, -0.2) is 4.79 Å². The number of carboxylic acids is 2. The molecular weight excluding hydrogens is 538 g/mol. The van der Waals surface area contributed by atoms with Gasteiger partial charge in [0.15, 0.2) is 0 Å². The van der Waals surface area contributed by atoms with Crippen LogP contribution in [0.3, 0.4) is 0 Å². The third-order valence-electron chi connectivity index (χ3n) is 6.60. The van der Waals surface area contributed by atoms with E-state index in [0.29, 0.717) is 6.42 Å². The van der Waals surface area contributed by atoms with E-state index in [2.05, 4.69) is 16.0 Å². The van der Waals surface area contributed by atoms with E-state index in [9.17, 15) is 44.1 Å². The summed E-state index contributed by atoms with van der Waals surface area (Å²) in [4.78, 5) is 75.9. The van der Waals surface area contributed by atoms with Crippen LogP contribution in [0.15, 0.2) is 30.3 Å². The Kier molecular flexibility index (Phi) is 12.7. The van der Waals surface area contributed by atoms with Crippen LogP contribution in [0.2, 0.25) is 0 Å². The lowest BCUT2D eigenvalue weighted by atomic mass is 10.0. The molecule has 0 radical (unpaired) electrons. The first-order chi connectivity index (χ1) is 19.3. The van der Waals surface area contributed by atoms with E-state index in [1.54, 1.807) is 44.2 Å². The van der Waals surface area contributed by atoms with Crippen LogP contribution in [0.4, 0.5) is 0 Å². The lowest BCUT2D eigenvalue weighted by molar-refractivity contribution is -0.146. The van der Waals surface area contributed by atoms with Crippen molar-refractivity contribution in [2.45, 2.75) is 76.2 Å². The first-order valence-corrected chi connectivity index (χ1v) is 13.4. The molecule has 1 fully saturated rings. The van der Waals surface area contributed by atoms with E-state index in [1.807, 2.05) is 0 Å². The number of amides is 4. The summed E-state index contributed by atoms with van der Waals surface area (Å²) < 4.78 is 0. The second kappa shape index (κ2) is 15.7. The molecule has 0 bridgehead atoms. The van der Waals surface area contributed by atoms with E-state index in [1.165, 1.54) is 0 Å². The van der Waals surface area contributed by atoms with Crippen molar-refractivity contribution >= 4 is 35.6 Å². The molecule has 1 aromatic rings. The molecule has 14 nitrogen and oxygen atoms in total. The van der Waals surface area contributed by atoms with Crippen LogP contribution in [0.5, 0.6) is 0 Å². The number of likely N-dealkylation sites (tertiary alicyclic amines) is 1. The molecule has 1 aliphatic heterocycles. The number of benzene rings is 1. The Bertz CT molecular complexity index is 1100. The van der Waals surface area contributed by atoms with Gasteiger partial charge in [0.25, 0.3) is 0 Å². The quantitative estimate of drug-likeness (QED) is 0.129. The number of carboxylic acid groups (broad SMARTS) is 2. The number of carbonyl (C=O) groups excluding carboxylic acids is 4. The average molecular weight is 578 g/mol. The van der Waals surface area contributed by atoms with Gasteiger partial charge in [0.1, 0.15) is 24.2 Å². The zero-order valence-corrected chi connectivity index (χ0v) is 23.1. The van der Waals surface area contributed by atoms with Crippen molar-refractivity contribution in [1.82, 2.24) is 20.9 Å². The summed E-state index contributed by atoms with van der Waals surface area (Å²) in [6, 6.07) is 2.50. The van der Waals surface area contributed by atoms with Gasteiger partial charge in [0.05, 0.1) is 19.1 Å². The Hall–Kier alpha value is -4.04. The van der Waals surface area contributed by atoms with Gasteiger partial charge in [-0.15, -0.1) is 0 Å². The summed E-state index contributed by atoms with van der Waals surface area (Å²) in [5, 5.41) is 35.5. The minimum atomic E-state index is -1.50. The van der Waals surface area contributed by atoms with Crippen molar-refractivity contribution in [2.75, 3.05) is 13.2 Å². The highest BCUT2D eigenvalue weighted by Crippen LogP contribution is 2.20. The molecule has 0 saturated carbocycles. The van der Waals surface area contributed by atoms with Crippen LogP contribution in [0, 0.1) is 5.92 Å². The van der Waals surface area contributed by atoms with Gasteiger partial charge < -0.3 is 41.9 Å². The molecule has 0 aromatic heterocycles. The van der Waals surface area contributed by atoms with Crippen molar-refractivity contribution in [3.63, 3.8) is 0 Å². The highest BCUT2D eigenvalue weighted by Gasteiger charge is 2.40. The molecule has 5 atom stereocenters. The summed E-state index contributed by atoms with van der Waals surface area (Å²) in [7, 11) is 0. The Morgan fingerprint density at radius 3 is 2.15 bits per heavy atom. The van der Waals surface area contributed by atoms with Crippen molar-refractivity contribution in [1.29, 1.82) is 0 Å². The van der Waals surface area contributed by atoms with Crippen molar-refractivity contribution in [3.05, 3.63) is 35.9 Å². The molecule has 1 aliphatic rings. The summed E-state index contributed by atoms with van der Waals surface area (Å²) >= 11 is 0. The Morgan fingerprint density at radius 2 is 1.59 bits per heavy atom. The third-order valence-corrected chi connectivity index (χ3v) is 6.60. The number of nitrogens with one attached hydrogen (secondary N) is 3. The molecule has 1 aromatic carbocycles. The average Bonchev–Trinajstić information content (AvgIpc) is 3.40. The molecular formula is C27H39N5O9. The lowest BCUT2D eigenvalue weighted by Crippen LogP contribution is -2.59. The largest absolute Gasteiger partial charge is 0.481 e. The molecule has 1 saturated heterocycles. The zero-order chi connectivity index (χ0) is 30.7. The van der Waals surface area contributed by atoms with E-state index in [4.69, 9.17) is 5.73 Å². The number of aliphatic hydroxyl groups excluding tert-OH is 1. The number of aliphatic carboxylic acids is 2. The van der Waals surface area contributed by atoms with Crippen LogP contribution in [-0.4, -0.2) is 99.1 Å². The molecule has 226 valence electrons. The zero-order valence-electron chi connectivity index (χ0n) is 23.1. The van der Waals surface area contributed by atoms with E-state index in [-0.39, 0.29) is 31.7 Å². The predicted molar refractivity (Wildman–Crippen MR) is 145 cm³/mol. The van der Waals surface area contributed by atoms with Gasteiger partial charge in [0.2, 0.25) is 23.6 Å². The Morgan fingerprint density at radius 1 is 0.951 bits per heavy atom. The first-order valence-electron chi connectivity index (χ1n) is 13.4. The third kappa shape index (κ3) is 10.1. The number of nitrogens with two attached hydrogens (primary N) is 1. The van der Waals surface area contributed by atoms with E-state index < -0.39 is 78.8 Å². The lowest BCUT2D eigenvalue weighted by Gasteiger charge is -2.29. The summed E-state index contributed by atoms with van der Waals surface area (Å²) in [5.41, 5.74) is 6.76. The summed E-state index contributed by atoms with van der Waals surface area (Å²) in [6.07, 6.45) is 0.103. The molecule has 4 amide bonds. The van der Waals surface area contributed by atoms with E-state index in [0.717, 1.165) is 10.5 Å². The molecule has 0 aliphatic carbocycles. The summed E-state index contributed by atoms with van der Waals surface area (Å²) in [6.45, 7) is 2.81. The molecule has 2 rings (SSSR count). The van der Waals surface area contributed by atoms with Crippen molar-refractivity contribution in [2.24, 2.45) is 11.7 Å². The van der Waals surface area contributed by atoms with E-state index >= 15 is 0 Å². The van der Waals surface area contributed by atoms with Crippen LogP contribution in [0.25, 0.3) is 0 Å². The smallest absolute Gasteiger partial charge is 0.326 e. The van der Waals surface area contributed by atoms with Gasteiger partial charge in [-0.05, 0) is 37.2 Å². The topological polar surface area (TPSA) is 228 Å². The van der Waals surface area contributed by atoms with Gasteiger partial charge in [-0.3, -0.25) is 24.0 Å². The summed E-state index contributed by atoms with van der Waals surface area (Å²) in [5.74, 6) is -5.92. The fraction of sp³-hybridized carbons (Fsp3) is 0.556. The normalized spacial score (nSPS) is 17.7. The standard InChI is InChI=1S/C27H39N5O9/c1-15(2)11-19(27(40)41)30-24(37)20(14-33)31-25(38)21-9-6-10-32(21)26(39)18(13-22(34)35)29-23(36)17(28)12-16-7-4-3-5-8-16/h3-5,7-8,15,17-21,33H,6,9-14,28H2,1-2H3,(H,29,36)(H,30,37)(H,31,38)(H,34,35)(H,40,41)/t17-,18-,19-,20-,21-/m0/s1. The maximum absolute atomic E-state index is 13.4. The maximum Gasteiger partial charge on any atom is 0.326 e. The van der Waals surface area contributed by atoms with Gasteiger partial charge in [0, 0.05) is 6.54 Å². The van der Waals surface area contributed by atoms with Gasteiger partial charge >= 0.3 is 11.9 Å². The molecule has 14 heteroatoms. The van der Waals surface area contributed by atoms with Gasteiger partial charge in [-0.1, -0.05) is 44.2 Å². The fourth-order valence-corrected chi connectivity index (χ4v) is 4.54. The minimum Gasteiger partial charge on any atom is -0.481 e. The fourth-order valence-electron chi connectivity index (χ4n) is 4.54. The molecule has 0 spiro atoms. The highest BCUT2D eigenvalue weighted by molar-refractivity contribution is 5.97. The second-order valence-corrected chi connectivity index (χ2v) is 10.4. The van der Waals surface area contributed by atoms with Gasteiger partial charge in [-0.2, -0.15) is 0 Å². The number of aliphatic hydroxyl groups is 1. The van der Waals surface area contributed by atoms with Crippen LogP contribution in [-0.2, 0) is 35.2 Å². The number of rotatable bonds is 15. The Labute approximate surface area is 237 Å². The molecule has 41 heavy (non-hydrogen) atoms. The van der Waals surface area contributed by atoms with Crippen molar-refractivity contribution < 1.29 is 44.1 Å². The van der Waals surface area contributed by atoms with Crippen LogP contribution >= 0.6 is 0 Å². The minimum absolute atomic E-state index is 0.0521.